The zero-order valence-electron chi connectivity index (χ0n) is 27.9. The van der Waals surface area contributed by atoms with Crippen molar-refractivity contribution in [1.29, 1.82) is 0 Å². The average molecular weight is 757 g/mol. The molecule has 4 heteroatoms. The number of halogens is 2. The molecule has 0 saturated heterocycles. The summed E-state index contributed by atoms with van der Waals surface area (Å²) >= 11 is 16.7. The van der Waals surface area contributed by atoms with Gasteiger partial charge in [0.1, 0.15) is 0 Å². The van der Waals surface area contributed by atoms with Gasteiger partial charge in [-0.2, -0.15) is 0 Å². The van der Waals surface area contributed by atoms with Crippen molar-refractivity contribution in [1.82, 2.24) is 0 Å². The van der Waals surface area contributed by atoms with Gasteiger partial charge in [0.25, 0.3) is 0 Å². The smallest absolute Gasteiger partial charge is 0.0932 e. The molecule has 0 spiro atoms. The van der Waals surface area contributed by atoms with Gasteiger partial charge in [0.2, 0.25) is 0 Å². The maximum Gasteiger partial charge on any atom is 0.0932 e. The molecule has 236 valence electrons. The van der Waals surface area contributed by atoms with Crippen LogP contribution in [0, 0.1) is 0 Å². The van der Waals surface area contributed by atoms with Crippen molar-refractivity contribution in [2.75, 3.05) is 0 Å². The summed E-state index contributed by atoms with van der Waals surface area (Å²) in [4.78, 5) is 0. The third kappa shape index (κ3) is 4.85. The SMILES string of the molecule is CCc1ccc(C2=C(C)c3ccccc3C2(Cl)[SiH2]C2(Cl)C(c3ccc(CC)c4ccccc34)=C(C)c3ccccc32)c2ccccc12.[Zr]. The van der Waals surface area contributed by atoms with Gasteiger partial charge in [-0.15, -0.1) is 23.2 Å². The number of aryl methyl sites for hydroxylation is 2. The van der Waals surface area contributed by atoms with E-state index in [1.54, 1.807) is 0 Å². The van der Waals surface area contributed by atoms with E-state index in [9.17, 15) is 0 Å². The summed E-state index contributed by atoms with van der Waals surface area (Å²) in [6.07, 6.45) is 1.97. The Kier molecular flexibility index (Phi) is 8.87. The molecule has 0 aromatic heterocycles. The van der Waals surface area contributed by atoms with Crippen molar-refractivity contribution >= 4 is 76.6 Å². The minimum atomic E-state index is -1.44. The van der Waals surface area contributed by atoms with E-state index >= 15 is 0 Å². The van der Waals surface area contributed by atoms with Crippen LogP contribution in [0.15, 0.2) is 121 Å². The van der Waals surface area contributed by atoms with Crippen molar-refractivity contribution in [3.8, 4) is 0 Å². The first kappa shape index (κ1) is 33.5. The van der Waals surface area contributed by atoms with E-state index in [-0.39, 0.29) is 26.2 Å². The summed E-state index contributed by atoms with van der Waals surface area (Å²) in [6, 6.07) is 44.4. The molecular formula is C44H38Cl2SiZr. The van der Waals surface area contributed by atoms with Crippen molar-refractivity contribution in [3.63, 3.8) is 0 Å². The monoisotopic (exact) mass is 754 g/mol. The van der Waals surface area contributed by atoms with Crippen LogP contribution in [0.3, 0.4) is 0 Å². The maximum atomic E-state index is 8.37. The second-order valence-electron chi connectivity index (χ2n) is 13.2. The molecule has 2 unspecified atom stereocenters. The van der Waals surface area contributed by atoms with Crippen LogP contribution in [0.25, 0.3) is 43.8 Å². The number of hydrogen-bond acceptors (Lipinski definition) is 0. The van der Waals surface area contributed by atoms with Crippen LogP contribution in [-0.2, 0) is 48.0 Å². The van der Waals surface area contributed by atoms with Crippen LogP contribution in [0.5, 0.6) is 0 Å². The fourth-order valence-corrected chi connectivity index (χ4v) is 13.9. The summed E-state index contributed by atoms with van der Waals surface area (Å²) in [6.45, 7) is 8.99. The first-order valence-electron chi connectivity index (χ1n) is 16.8. The van der Waals surface area contributed by atoms with Crippen LogP contribution in [-0.4, -0.2) is 9.52 Å². The van der Waals surface area contributed by atoms with E-state index in [0.717, 1.165) is 12.8 Å². The molecule has 0 radical (unpaired) electrons. The van der Waals surface area contributed by atoms with E-state index in [1.165, 1.54) is 88.3 Å². The Balaban J connectivity index is 0.00000364. The Bertz CT molecular complexity index is 2150. The fourth-order valence-electron chi connectivity index (χ4n) is 8.75. The molecular weight excluding hydrogens is 719 g/mol. The quantitative estimate of drug-likeness (QED) is 0.117. The maximum absolute atomic E-state index is 8.37. The molecule has 0 amide bonds. The van der Waals surface area contributed by atoms with Gasteiger partial charge in [-0.25, -0.2) is 0 Å². The second-order valence-corrected chi connectivity index (χ2v) is 17.9. The molecule has 0 heterocycles. The molecule has 0 nitrogen and oxygen atoms in total. The molecule has 6 aromatic rings. The zero-order chi connectivity index (χ0) is 32.5. The topological polar surface area (TPSA) is 0 Å². The van der Waals surface area contributed by atoms with Crippen molar-refractivity contribution < 1.29 is 26.2 Å². The van der Waals surface area contributed by atoms with Gasteiger partial charge < -0.3 is 0 Å². The van der Waals surface area contributed by atoms with E-state index in [4.69, 9.17) is 23.2 Å². The third-order valence-corrected chi connectivity index (χ3v) is 14.9. The summed E-state index contributed by atoms with van der Waals surface area (Å²) in [5.41, 5.74) is 15.0. The predicted molar refractivity (Wildman–Crippen MR) is 208 cm³/mol. The molecule has 0 saturated carbocycles. The molecule has 2 atom stereocenters. The molecule has 2 aliphatic rings. The summed E-state index contributed by atoms with van der Waals surface area (Å²) in [5, 5.41) is 5.12. The van der Waals surface area contributed by atoms with Gasteiger partial charge in [0.15, 0.2) is 0 Å². The standard InChI is InChI=1S/C44H38Cl2Si.Zr/c1-5-29-23-25-37(35-19-9-7-17-33(29)35)41-27(3)31-15-11-13-21-39(31)43(41,45)47-44(46)40-22-14-12-16-32(40)28(4)42(44)38-26-24-30(6-2)34-18-8-10-20-36(34)38;/h7-26H,5-6,47H2,1-4H3;. The van der Waals surface area contributed by atoms with Crippen molar-refractivity contribution in [2.24, 2.45) is 0 Å². The fraction of sp³-hybridized carbons (Fsp3) is 0.182. The molecule has 0 aliphatic heterocycles. The van der Waals surface area contributed by atoms with Crippen LogP contribution in [0.2, 0.25) is 0 Å². The van der Waals surface area contributed by atoms with E-state index in [2.05, 4.69) is 149 Å². The Morgan fingerprint density at radius 2 is 0.812 bits per heavy atom. The van der Waals surface area contributed by atoms with Gasteiger partial charge in [-0.05, 0) is 115 Å². The number of fused-ring (bicyclic) bond motifs is 4. The first-order valence-corrected chi connectivity index (χ1v) is 19.0. The molecule has 0 bridgehead atoms. The second kappa shape index (κ2) is 12.7. The minimum Gasteiger partial charge on any atom is -0.113 e. The third-order valence-electron chi connectivity index (χ3n) is 10.9. The Hall–Kier alpha value is -3.00. The molecule has 6 aromatic carbocycles. The number of allylic oxidation sites excluding steroid dienone is 4. The van der Waals surface area contributed by atoms with Gasteiger partial charge >= 0.3 is 0 Å². The van der Waals surface area contributed by atoms with Gasteiger partial charge in [-0.1, -0.05) is 135 Å². The summed E-state index contributed by atoms with van der Waals surface area (Å²) in [5.74, 6) is 0. The van der Waals surface area contributed by atoms with Crippen LogP contribution >= 0.6 is 23.2 Å². The summed E-state index contributed by atoms with van der Waals surface area (Å²) < 4.78 is -1.47. The Labute approximate surface area is 315 Å². The predicted octanol–water partition coefficient (Wildman–Crippen LogP) is 11.7. The van der Waals surface area contributed by atoms with Gasteiger partial charge in [0, 0.05) is 26.2 Å². The van der Waals surface area contributed by atoms with E-state index < -0.39 is 18.5 Å². The minimum absolute atomic E-state index is 0. The van der Waals surface area contributed by atoms with Crippen LogP contribution in [0.1, 0.15) is 72.2 Å². The number of benzene rings is 6. The summed E-state index contributed by atoms with van der Waals surface area (Å²) in [7, 11) is -1.44. The Morgan fingerprint density at radius 1 is 0.458 bits per heavy atom. The van der Waals surface area contributed by atoms with Gasteiger partial charge in [-0.3, -0.25) is 0 Å². The zero-order valence-corrected chi connectivity index (χ0v) is 33.3. The molecule has 2 aliphatic carbocycles. The van der Waals surface area contributed by atoms with Crippen molar-refractivity contribution in [3.05, 3.63) is 166 Å². The largest absolute Gasteiger partial charge is 0.113 e. The van der Waals surface area contributed by atoms with E-state index in [1.807, 2.05) is 0 Å². The van der Waals surface area contributed by atoms with Crippen LogP contribution < -0.4 is 0 Å². The average Bonchev–Trinajstić information content (AvgIpc) is 3.46. The normalized spacial score (nSPS) is 20.2. The molecule has 0 N–H and O–H groups in total. The van der Waals surface area contributed by atoms with Gasteiger partial charge in [0.05, 0.1) is 18.5 Å². The van der Waals surface area contributed by atoms with Crippen molar-refractivity contribution in [2.45, 2.75) is 49.5 Å². The van der Waals surface area contributed by atoms with Crippen LogP contribution in [0.4, 0.5) is 0 Å². The number of rotatable bonds is 6. The first-order chi connectivity index (χ1) is 22.8. The number of alkyl halides is 2. The molecule has 0 fully saturated rings. The molecule has 8 rings (SSSR count). The van der Waals surface area contributed by atoms with E-state index in [0.29, 0.717) is 0 Å². The number of hydrogen-bond donors (Lipinski definition) is 0. The molecule has 48 heavy (non-hydrogen) atoms. The Morgan fingerprint density at radius 3 is 1.21 bits per heavy atom.